The number of rotatable bonds is 7. The number of carbonyl (C=O) groups excluding carboxylic acids is 2. The van der Waals surface area contributed by atoms with E-state index in [9.17, 15) is 14.7 Å². The lowest BCUT2D eigenvalue weighted by atomic mass is 9.98. The van der Waals surface area contributed by atoms with E-state index in [4.69, 9.17) is 9.15 Å². The molecule has 0 spiro atoms. The van der Waals surface area contributed by atoms with E-state index < -0.39 is 17.7 Å². The molecule has 6 nitrogen and oxygen atoms in total. The second-order valence-corrected chi connectivity index (χ2v) is 7.76. The van der Waals surface area contributed by atoms with Crippen LogP contribution in [0.1, 0.15) is 41.8 Å². The molecule has 0 saturated carbocycles. The molecular formula is C26H25NO5. The lowest BCUT2D eigenvalue weighted by molar-refractivity contribution is -0.140. The number of aryl methyl sites for hydroxylation is 1. The third kappa shape index (κ3) is 4.04. The summed E-state index contributed by atoms with van der Waals surface area (Å²) in [5.41, 5.74) is 2.34. The van der Waals surface area contributed by atoms with E-state index in [0.29, 0.717) is 36.6 Å². The zero-order chi connectivity index (χ0) is 22.7. The van der Waals surface area contributed by atoms with Crippen molar-refractivity contribution in [2.75, 3.05) is 6.54 Å². The average Bonchev–Trinajstić information content (AvgIpc) is 3.41. The SMILES string of the molecule is CCCN1C(=O)C(=O)/C(=C(\O)c2ccc(OCc3ccccc3)c(C)c2)C1c1ccco1. The second-order valence-electron chi connectivity index (χ2n) is 7.76. The number of aliphatic hydroxyl groups is 1. The van der Waals surface area contributed by atoms with Crippen molar-refractivity contribution < 1.29 is 23.8 Å². The molecule has 2 aromatic carbocycles. The molecule has 32 heavy (non-hydrogen) atoms. The third-order valence-corrected chi connectivity index (χ3v) is 5.50. The first kappa shape index (κ1) is 21.4. The van der Waals surface area contributed by atoms with Gasteiger partial charge in [0.2, 0.25) is 0 Å². The predicted molar refractivity (Wildman–Crippen MR) is 120 cm³/mol. The molecule has 0 aliphatic carbocycles. The van der Waals surface area contributed by atoms with E-state index in [1.807, 2.05) is 44.2 Å². The van der Waals surface area contributed by atoms with Crippen molar-refractivity contribution in [2.24, 2.45) is 0 Å². The first-order chi connectivity index (χ1) is 15.5. The van der Waals surface area contributed by atoms with Crippen LogP contribution in [0.3, 0.4) is 0 Å². The number of benzene rings is 2. The van der Waals surface area contributed by atoms with Crippen LogP contribution in [0.25, 0.3) is 5.76 Å². The highest BCUT2D eigenvalue weighted by Gasteiger charge is 2.47. The van der Waals surface area contributed by atoms with Crippen LogP contribution < -0.4 is 4.74 Å². The molecule has 4 rings (SSSR count). The molecule has 1 atom stereocenters. The Bertz CT molecular complexity index is 1150. The molecule has 1 fully saturated rings. The van der Waals surface area contributed by atoms with Crippen molar-refractivity contribution in [3.8, 4) is 5.75 Å². The Labute approximate surface area is 186 Å². The van der Waals surface area contributed by atoms with Crippen LogP contribution in [0.2, 0.25) is 0 Å². The molecule has 1 saturated heterocycles. The fourth-order valence-corrected chi connectivity index (χ4v) is 3.94. The highest BCUT2D eigenvalue weighted by atomic mass is 16.5. The van der Waals surface area contributed by atoms with Crippen LogP contribution in [0.15, 0.2) is 76.9 Å². The minimum atomic E-state index is -0.751. The molecule has 0 radical (unpaired) electrons. The summed E-state index contributed by atoms with van der Waals surface area (Å²) in [4.78, 5) is 27.0. The topological polar surface area (TPSA) is 80.0 Å². The summed E-state index contributed by atoms with van der Waals surface area (Å²) in [7, 11) is 0. The van der Waals surface area contributed by atoms with Gasteiger partial charge in [0, 0.05) is 12.1 Å². The molecule has 1 N–H and O–H groups in total. The van der Waals surface area contributed by atoms with Gasteiger partial charge in [-0.2, -0.15) is 0 Å². The lowest BCUT2D eigenvalue weighted by Gasteiger charge is -2.22. The molecule has 6 heteroatoms. The molecule has 1 aromatic heterocycles. The van der Waals surface area contributed by atoms with Crippen LogP contribution in [-0.4, -0.2) is 28.2 Å². The summed E-state index contributed by atoms with van der Waals surface area (Å²) in [6.45, 7) is 4.61. The molecular weight excluding hydrogens is 406 g/mol. The lowest BCUT2D eigenvalue weighted by Crippen LogP contribution is -2.30. The van der Waals surface area contributed by atoms with Gasteiger partial charge in [0.1, 0.15) is 29.9 Å². The number of ketones is 1. The molecule has 1 aliphatic rings. The van der Waals surface area contributed by atoms with E-state index in [1.165, 1.54) is 11.2 Å². The van der Waals surface area contributed by atoms with Crippen molar-refractivity contribution in [2.45, 2.75) is 32.9 Å². The standard InChI is InChI=1S/C26H25NO5/c1-3-13-27-23(21-10-7-14-31-21)22(25(29)26(27)30)24(28)19-11-12-20(17(2)15-19)32-16-18-8-5-4-6-9-18/h4-12,14-15,23,28H,3,13,16H2,1-2H3/b24-22-. The van der Waals surface area contributed by atoms with Crippen molar-refractivity contribution in [1.29, 1.82) is 0 Å². The van der Waals surface area contributed by atoms with Gasteiger partial charge in [-0.25, -0.2) is 0 Å². The van der Waals surface area contributed by atoms with Crippen molar-refractivity contribution in [1.82, 2.24) is 4.90 Å². The van der Waals surface area contributed by atoms with Gasteiger partial charge in [-0.3, -0.25) is 9.59 Å². The van der Waals surface area contributed by atoms with E-state index >= 15 is 0 Å². The molecule has 1 amide bonds. The minimum Gasteiger partial charge on any atom is -0.507 e. The van der Waals surface area contributed by atoms with Crippen LogP contribution in [0.4, 0.5) is 0 Å². The Morgan fingerprint density at radius 3 is 2.53 bits per heavy atom. The van der Waals surface area contributed by atoms with Crippen LogP contribution in [0.5, 0.6) is 5.75 Å². The van der Waals surface area contributed by atoms with Crippen molar-refractivity contribution in [3.05, 3.63) is 95.0 Å². The van der Waals surface area contributed by atoms with Crippen molar-refractivity contribution in [3.63, 3.8) is 0 Å². The number of furan rings is 1. The molecule has 0 bridgehead atoms. The zero-order valence-corrected chi connectivity index (χ0v) is 18.1. The number of carbonyl (C=O) groups is 2. The predicted octanol–water partition coefficient (Wildman–Crippen LogP) is 5.00. The quantitative estimate of drug-likeness (QED) is 0.324. The fraction of sp³-hybridized carbons (Fsp3) is 0.231. The van der Waals surface area contributed by atoms with Gasteiger partial charge in [-0.15, -0.1) is 0 Å². The highest BCUT2D eigenvalue weighted by Crippen LogP contribution is 2.40. The van der Waals surface area contributed by atoms with E-state index in [2.05, 4.69) is 0 Å². The van der Waals surface area contributed by atoms with Crippen molar-refractivity contribution >= 4 is 17.4 Å². The largest absolute Gasteiger partial charge is 0.507 e. The maximum atomic E-state index is 12.8. The Kier molecular flexibility index (Phi) is 6.12. The smallest absolute Gasteiger partial charge is 0.295 e. The van der Waals surface area contributed by atoms with Crippen LogP contribution >= 0.6 is 0 Å². The summed E-state index contributed by atoms with van der Waals surface area (Å²) >= 11 is 0. The number of likely N-dealkylation sites (tertiary alicyclic amines) is 1. The van der Waals surface area contributed by atoms with E-state index in [0.717, 1.165) is 11.1 Å². The average molecular weight is 431 g/mol. The summed E-state index contributed by atoms with van der Waals surface area (Å²) in [5, 5.41) is 11.1. The fourth-order valence-electron chi connectivity index (χ4n) is 3.94. The summed E-state index contributed by atoms with van der Waals surface area (Å²) in [6, 6.07) is 17.7. The first-order valence-electron chi connectivity index (χ1n) is 10.6. The van der Waals surface area contributed by atoms with E-state index in [-0.39, 0.29) is 11.3 Å². The number of aliphatic hydroxyl groups excluding tert-OH is 1. The number of ether oxygens (including phenoxy) is 1. The highest BCUT2D eigenvalue weighted by molar-refractivity contribution is 6.46. The number of nitrogens with zero attached hydrogens (tertiary/aromatic N) is 1. The van der Waals surface area contributed by atoms with E-state index in [1.54, 1.807) is 30.3 Å². The zero-order valence-electron chi connectivity index (χ0n) is 18.1. The third-order valence-electron chi connectivity index (χ3n) is 5.50. The normalized spacial score (nSPS) is 17.7. The van der Waals surface area contributed by atoms with Gasteiger partial charge in [0.05, 0.1) is 11.8 Å². The summed E-state index contributed by atoms with van der Waals surface area (Å²) in [6.07, 6.45) is 2.17. The molecule has 3 aromatic rings. The molecule has 1 unspecified atom stereocenters. The van der Waals surface area contributed by atoms with Gasteiger partial charge in [0.15, 0.2) is 0 Å². The second kappa shape index (κ2) is 9.14. The maximum Gasteiger partial charge on any atom is 0.295 e. The van der Waals surface area contributed by atoms with Gasteiger partial charge in [-0.05, 0) is 54.8 Å². The number of Topliss-reactive ketones (excluding diaryl/α,β-unsaturated/α-hetero) is 1. The van der Waals surface area contributed by atoms with Gasteiger partial charge in [0.25, 0.3) is 11.7 Å². The summed E-state index contributed by atoms with van der Waals surface area (Å²) in [5.74, 6) is -0.437. The summed E-state index contributed by atoms with van der Waals surface area (Å²) < 4.78 is 11.4. The van der Waals surface area contributed by atoms with Gasteiger partial charge in [-0.1, -0.05) is 37.3 Å². The Morgan fingerprint density at radius 2 is 1.88 bits per heavy atom. The van der Waals surface area contributed by atoms with Crippen LogP contribution in [0, 0.1) is 6.92 Å². The minimum absolute atomic E-state index is 0.0377. The first-order valence-corrected chi connectivity index (χ1v) is 10.6. The Balaban J connectivity index is 1.67. The number of amides is 1. The maximum absolute atomic E-state index is 12.8. The monoisotopic (exact) mass is 431 g/mol. The molecule has 1 aliphatic heterocycles. The number of hydrogen-bond donors (Lipinski definition) is 1. The Hall–Kier alpha value is -3.80. The van der Waals surface area contributed by atoms with Gasteiger partial charge < -0.3 is 19.2 Å². The molecule has 2 heterocycles. The number of hydrogen-bond acceptors (Lipinski definition) is 5. The van der Waals surface area contributed by atoms with Crippen LogP contribution in [-0.2, 0) is 16.2 Å². The Morgan fingerprint density at radius 1 is 1.09 bits per heavy atom. The van der Waals surface area contributed by atoms with Gasteiger partial charge >= 0.3 is 0 Å². The molecule has 164 valence electrons.